The van der Waals surface area contributed by atoms with E-state index in [0.29, 0.717) is 18.6 Å². The van der Waals surface area contributed by atoms with Gasteiger partial charge >= 0.3 is 6.09 Å². The van der Waals surface area contributed by atoms with Gasteiger partial charge in [0.1, 0.15) is 5.60 Å². The maximum Gasteiger partial charge on any atom is 0.410 e. The summed E-state index contributed by atoms with van der Waals surface area (Å²) in [5, 5.41) is 3.57. The van der Waals surface area contributed by atoms with Gasteiger partial charge in [-0.3, -0.25) is 0 Å². The summed E-state index contributed by atoms with van der Waals surface area (Å²) < 4.78 is 11.1. The number of nitrogens with one attached hydrogen (secondary N) is 1. The molecule has 0 bridgehead atoms. The smallest absolute Gasteiger partial charge is 0.410 e. The van der Waals surface area contributed by atoms with Crippen LogP contribution in [0.15, 0.2) is 0 Å². The van der Waals surface area contributed by atoms with Gasteiger partial charge in [0, 0.05) is 31.8 Å². The molecule has 1 aliphatic heterocycles. The zero-order valence-electron chi connectivity index (χ0n) is 15.1. The first-order valence-corrected chi connectivity index (χ1v) is 8.55. The SMILES string of the molecule is CCOCC(NCC1CCCN1C(=O)OC(C)(C)C)C(C)C. The average molecular weight is 314 g/mol. The van der Waals surface area contributed by atoms with Gasteiger partial charge in [-0.2, -0.15) is 0 Å². The van der Waals surface area contributed by atoms with Crippen molar-refractivity contribution in [2.75, 3.05) is 26.3 Å². The lowest BCUT2D eigenvalue weighted by Crippen LogP contribution is -2.48. The van der Waals surface area contributed by atoms with Crippen molar-refractivity contribution in [1.29, 1.82) is 0 Å². The standard InChI is InChI=1S/C17H34N2O3/c1-7-21-12-15(13(2)3)18-11-14-9-8-10-19(14)16(20)22-17(4,5)6/h13-15,18H,7-12H2,1-6H3. The molecule has 130 valence electrons. The van der Waals surface area contributed by atoms with Crippen LogP contribution in [0.4, 0.5) is 4.79 Å². The van der Waals surface area contributed by atoms with Gasteiger partial charge in [0.15, 0.2) is 0 Å². The van der Waals surface area contributed by atoms with Crippen LogP contribution in [0.5, 0.6) is 0 Å². The van der Waals surface area contributed by atoms with Gasteiger partial charge in [-0.1, -0.05) is 13.8 Å². The van der Waals surface area contributed by atoms with E-state index in [0.717, 1.165) is 32.5 Å². The van der Waals surface area contributed by atoms with E-state index in [2.05, 4.69) is 19.2 Å². The van der Waals surface area contributed by atoms with Crippen LogP contribution in [0, 0.1) is 5.92 Å². The Morgan fingerprint density at radius 1 is 1.36 bits per heavy atom. The highest BCUT2D eigenvalue weighted by molar-refractivity contribution is 5.69. The van der Waals surface area contributed by atoms with Crippen molar-refractivity contribution in [3.63, 3.8) is 0 Å². The molecule has 1 heterocycles. The van der Waals surface area contributed by atoms with Crippen LogP contribution in [0.1, 0.15) is 54.4 Å². The highest BCUT2D eigenvalue weighted by Crippen LogP contribution is 2.20. The number of amides is 1. The fraction of sp³-hybridized carbons (Fsp3) is 0.941. The Morgan fingerprint density at radius 3 is 2.59 bits per heavy atom. The number of carbonyl (C=O) groups excluding carboxylic acids is 1. The molecule has 0 aromatic rings. The molecule has 1 amide bonds. The summed E-state index contributed by atoms with van der Waals surface area (Å²) in [5.41, 5.74) is -0.437. The average Bonchev–Trinajstić information content (AvgIpc) is 2.84. The van der Waals surface area contributed by atoms with E-state index in [9.17, 15) is 4.79 Å². The molecular formula is C17H34N2O3. The number of rotatable bonds is 7. The first kappa shape index (κ1) is 19.2. The molecule has 1 rings (SSSR count). The summed E-state index contributed by atoms with van der Waals surface area (Å²) in [6.07, 6.45) is 1.89. The lowest BCUT2D eigenvalue weighted by atomic mass is 10.0. The fourth-order valence-corrected chi connectivity index (χ4v) is 2.63. The molecule has 2 unspecified atom stereocenters. The molecule has 0 aromatic carbocycles. The van der Waals surface area contributed by atoms with Gasteiger partial charge < -0.3 is 19.7 Å². The van der Waals surface area contributed by atoms with Crippen LogP contribution in [0.2, 0.25) is 0 Å². The molecule has 1 N–H and O–H groups in total. The molecule has 1 fully saturated rings. The first-order chi connectivity index (χ1) is 10.2. The van der Waals surface area contributed by atoms with E-state index in [1.54, 1.807) is 0 Å². The number of hydrogen-bond donors (Lipinski definition) is 1. The Balaban J connectivity index is 2.50. The summed E-state index contributed by atoms with van der Waals surface area (Å²) in [6, 6.07) is 0.541. The van der Waals surface area contributed by atoms with Gasteiger partial charge in [0.25, 0.3) is 0 Å². The predicted molar refractivity (Wildman–Crippen MR) is 89.1 cm³/mol. The second-order valence-electron chi connectivity index (χ2n) is 7.39. The zero-order valence-corrected chi connectivity index (χ0v) is 15.1. The third kappa shape index (κ3) is 6.53. The Kier molecular flexibility index (Phi) is 7.63. The third-order valence-corrected chi connectivity index (χ3v) is 3.93. The van der Waals surface area contributed by atoms with Crippen LogP contribution in [0.25, 0.3) is 0 Å². The predicted octanol–water partition coefficient (Wildman–Crippen LogP) is 3.04. The molecule has 5 nitrogen and oxygen atoms in total. The zero-order chi connectivity index (χ0) is 16.8. The Bertz CT molecular complexity index is 339. The molecular weight excluding hydrogens is 280 g/mol. The lowest BCUT2D eigenvalue weighted by molar-refractivity contribution is 0.0219. The number of hydrogen-bond acceptors (Lipinski definition) is 4. The second kappa shape index (κ2) is 8.73. The molecule has 0 saturated carbocycles. The minimum Gasteiger partial charge on any atom is -0.444 e. The van der Waals surface area contributed by atoms with E-state index in [-0.39, 0.29) is 12.1 Å². The van der Waals surface area contributed by atoms with Gasteiger partial charge in [0.2, 0.25) is 0 Å². The third-order valence-electron chi connectivity index (χ3n) is 3.93. The summed E-state index contributed by atoms with van der Waals surface area (Å²) in [6.45, 7) is 15.2. The number of carbonyl (C=O) groups is 1. The Labute approximate surface area is 135 Å². The van der Waals surface area contributed by atoms with Crippen molar-refractivity contribution in [3.05, 3.63) is 0 Å². The van der Waals surface area contributed by atoms with Gasteiger partial charge in [0.05, 0.1) is 6.61 Å². The number of nitrogens with zero attached hydrogens (tertiary/aromatic N) is 1. The Hall–Kier alpha value is -0.810. The first-order valence-electron chi connectivity index (χ1n) is 8.55. The summed E-state index contributed by atoms with van der Waals surface area (Å²) in [7, 11) is 0. The highest BCUT2D eigenvalue weighted by atomic mass is 16.6. The molecule has 1 aliphatic rings. The molecule has 0 radical (unpaired) electrons. The van der Waals surface area contributed by atoms with E-state index < -0.39 is 5.60 Å². The topological polar surface area (TPSA) is 50.8 Å². The van der Waals surface area contributed by atoms with Crippen molar-refractivity contribution in [2.45, 2.75) is 72.1 Å². The van der Waals surface area contributed by atoms with Crippen molar-refractivity contribution in [1.82, 2.24) is 10.2 Å². The van der Waals surface area contributed by atoms with Gasteiger partial charge in [-0.25, -0.2) is 4.79 Å². The normalized spacial score (nSPS) is 20.5. The largest absolute Gasteiger partial charge is 0.444 e. The van der Waals surface area contributed by atoms with Crippen molar-refractivity contribution in [2.24, 2.45) is 5.92 Å². The molecule has 0 aliphatic carbocycles. The number of ether oxygens (including phenoxy) is 2. The quantitative estimate of drug-likeness (QED) is 0.785. The monoisotopic (exact) mass is 314 g/mol. The minimum absolute atomic E-state index is 0.192. The lowest BCUT2D eigenvalue weighted by Gasteiger charge is -2.30. The molecule has 1 saturated heterocycles. The molecule has 0 spiro atoms. The van der Waals surface area contributed by atoms with Crippen LogP contribution in [0.3, 0.4) is 0 Å². The van der Waals surface area contributed by atoms with Crippen molar-refractivity contribution in [3.8, 4) is 0 Å². The molecule has 0 aromatic heterocycles. The highest BCUT2D eigenvalue weighted by Gasteiger charge is 2.32. The summed E-state index contributed by atoms with van der Waals surface area (Å²) >= 11 is 0. The van der Waals surface area contributed by atoms with Gasteiger partial charge in [-0.15, -0.1) is 0 Å². The summed E-state index contributed by atoms with van der Waals surface area (Å²) in [4.78, 5) is 14.1. The van der Waals surface area contributed by atoms with E-state index in [1.807, 2.05) is 32.6 Å². The maximum absolute atomic E-state index is 12.3. The van der Waals surface area contributed by atoms with Crippen molar-refractivity contribution >= 4 is 6.09 Å². The van der Waals surface area contributed by atoms with E-state index in [4.69, 9.17) is 9.47 Å². The van der Waals surface area contributed by atoms with Crippen LogP contribution < -0.4 is 5.32 Å². The van der Waals surface area contributed by atoms with Crippen LogP contribution in [-0.4, -0.2) is 55.0 Å². The molecule has 2 atom stereocenters. The fourth-order valence-electron chi connectivity index (χ4n) is 2.63. The van der Waals surface area contributed by atoms with E-state index >= 15 is 0 Å². The Morgan fingerprint density at radius 2 is 2.05 bits per heavy atom. The van der Waals surface area contributed by atoms with Crippen molar-refractivity contribution < 1.29 is 14.3 Å². The minimum atomic E-state index is -0.437. The van der Waals surface area contributed by atoms with Gasteiger partial charge in [-0.05, 0) is 46.5 Å². The summed E-state index contributed by atoms with van der Waals surface area (Å²) in [5.74, 6) is 0.503. The number of likely N-dealkylation sites (tertiary alicyclic amines) is 1. The molecule has 5 heteroatoms. The maximum atomic E-state index is 12.3. The second-order valence-corrected chi connectivity index (χ2v) is 7.39. The molecule has 22 heavy (non-hydrogen) atoms. The van der Waals surface area contributed by atoms with Crippen LogP contribution >= 0.6 is 0 Å². The van der Waals surface area contributed by atoms with Crippen LogP contribution in [-0.2, 0) is 9.47 Å². The van der Waals surface area contributed by atoms with E-state index in [1.165, 1.54) is 0 Å².